The zero-order valence-corrected chi connectivity index (χ0v) is 19.7. The third-order valence-corrected chi connectivity index (χ3v) is 7.53. The van der Waals surface area contributed by atoms with E-state index in [0.717, 1.165) is 22.4 Å². The van der Waals surface area contributed by atoms with Crippen LogP contribution in [0.1, 0.15) is 29.4 Å². The molecule has 0 saturated heterocycles. The highest BCUT2D eigenvalue weighted by molar-refractivity contribution is 7.99. The monoisotopic (exact) mass is 458 g/mol. The molecule has 0 saturated carbocycles. The molecular weight excluding hydrogens is 432 g/mol. The van der Waals surface area contributed by atoms with E-state index in [1.54, 1.807) is 28.8 Å². The Morgan fingerprint density at radius 3 is 2.39 bits per heavy atom. The molecule has 31 heavy (non-hydrogen) atoms. The molecule has 9 heteroatoms. The highest BCUT2D eigenvalue weighted by atomic mass is 32.2. The maximum absolute atomic E-state index is 12.8. The maximum Gasteiger partial charge on any atom is 0.234 e. The van der Waals surface area contributed by atoms with Gasteiger partial charge in [0.15, 0.2) is 15.0 Å². The summed E-state index contributed by atoms with van der Waals surface area (Å²) in [5, 5.41) is 11.6. The van der Waals surface area contributed by atoms with Crippen molar-refractivity contribution in [1.82, 2.24) is 14.8 Å². The number of anilines is 1. The van der Waals surface area contributed by atoms with E-state index in [-0.39, 0.29) is 22.3 Å². The molecule has 0 atom stereocenters. The molecule has 1 amide bonds. The standard InChI is InChI=1S/C22H26N4O3S2/c1-5-26-20(14-31(28,29)19-10-6-15(2)7-11-19)24-25-22(26)30-13-21(27)23-18-9-8-16(3)17(4)12-18/h6-12H,5,13-14H2,1-4H3,(H,23,27). The van der Waals surface area contributed by atoms with Crippen LogP contribution in [0.25, 0.3) is 0 Å². The number of hydrogen-bond donors (Lipinski definition) is 1. The second-order valence-corrected chi connectivity index (χ2v) is 10.3. The molecular formula is C22H26N4O3S2. The van der Waals surface area contributed by atoms with Crippen molar-refractivity contribution in [3.63, 3.8) is 0 Å². The minimum Gasteiger partial charge on any atom is -0.325 e. The fourth-order valence-electron chi connectivity index (χ4n) is 3.00. The first-order valence-corrected chi connectivity index (χ1v) is 12.5. The van der Waals surface area contributed by atoms with Gasteiger partial charge in [0.2, 0.25) is 5.91 Å². The lowest BCUT2D eigenvalue weighted by atomic mass is 10.1. The predicted octanol–water partition coefficient (Wildman–Crippen LogP) is 3.93. The number of carbonyl (C=O) groups excluding carboxylic acids is 1. The van der Waals surface area contributed by atoms with Crippen LogP contribution >= 0.6 is 11.8 Å². The smallest absolute Gasteiger partial charge is 0.234 e. The fraction of sp³-hybridized carbons (Fsp3) is 0.318. The Balaban J connectivity index is 1.67. The molecule has 0 aliphatic carbocycles. The van der Waals surface area contributed by atoms with E-state index >= 15 is 0 Å². The van der Waals surface area contributed by atoms with Crippen molar-refractivity contribution in [2.24, 2.45) is 0 Å². The minimum absolute atomic E-state index is 0.149. The largest absolute Gasteiger partial charge is 0.325 e. The molecule has 0 aliphatic rings. The molecule has 3 aromatic rings. The van der Waals surface area contributed by atoms with E-state index in [1.807, 2.05) is 45.9 Å². The van der Waals surface area contributed by atoms with Gasteiger partial charge < -0.3 is 9.88 Å². The van der Waals surface area contributed by atoms with Gasteiger partial charge in [0.1, 0.15) is 11.6 Å². The maximum atomic E-state index is 12.8. The molecule has 0 unspecified atom stereocenters. The van der Waals surface area contributed by atoms with E-state index in [4.69, 9.17) is 0 Å². The van der Waals surface area contributed by atoms with Gasteiger partial charge >= 0.3 is 0 Å². The molecule has 0 fully saturated rings. The van der Waals surface area contributed by atoms with Crippen molar-refractivity contribution in [2.45, 2.75) is 50.0 Å². The highest BCUT2D eigenvalue weighted by Crippen LogP contribution is 2.22. The quantitative estimate of drug-likeness (QED) is 0.514. The van der Waals surface area contributed by atoms with Crippen molar-refractivity contribution in [1.29, 1.82) is 0 Å². The van der Waals surface area contributed by atoms with Gasteiger partial charge in [-0.15, -0.1) is 10.2 Å². The number of nitrogens with zero attached hydrogens (tertiary/aromatic N) is 3. The first kappa shape index (κ1) is 23.0. The van der Waals surface area contributed by atoms with Gasteiger partial charge in [0.25, 0.3) is 0 Å². The molecule has 0 aliphatic heterocycles. The number of rotatable bonds is 8. The van der Waals surface area contributed by atoms with Crippen LogP contribution in [0.5, 0.6) is 0 Å². The van der Waals surface area contributed by atoms with Gasteiger partial charge in [-0.1, -0.05) is 35.5 Å². The Labute approximate surface area is 187 Å². The van der Waals surface area contributed by atoms with Gasteiger partial charge in [-0.3, -0.25) is 4.79 Å². The lowest BCUT2D eigenvalue weighted by molar-refractivity contribution is -0.113. The second kappa shape index (κ2) is 9.65. The molecule has 7 nitrogen and oxygen atoms in total. The molecule has 2 aromatic carbocycles. The van der Waals surface area contributed by atoms with Crippen LogP contribution < -0.4 is 5.32 Å². The zero-order chi connectivity index (χ0) is 22.6. The summed E-state index contributed by atoms with van der Waals surface area (Å²) in [6, 6.07) is 12.5. The van der Waals surface area contributed by atoms with Gasteiger partial charge in [0.05, 0.1) is 10.6 Å². The van der Waals surface area contributed by atoms with Crippen molar-refractivity contribution < 1.29 is 13.2 Å². The second-order valence-electron chi connectivity index (χ2n) is 7.35. The highest BCUT2D eigenvalue weighted by Gasteiger charge is 2.21. The number of benzene rings is 2. The normalized spacial score (nSPS) is 11.5. The summed E-state index contributed by atoms with van der Waals surface area (Å²) >= 11 is 1.23. The molecule has 0 bridgehead atoms. The summed E-state index contributed by atoms with van der Waals surface area (Å²) < 4.78 is 27.3. The van der Waals surface area contributed by atoms with E-state index in [0.29, 0.717) is 17.5 Å². The van der Waals surface area contributed by atoms with Crippen molar-refractivity contribution in [2.75, 3.05) is 11.1 Å². The Morgan fingerprint density at radius 1 is 1.03 bits per heavy atom. The van der Waals surface area contributed by atoms with E-state index in [2.05, 4.69) is 15.5 Å². The minimum atomic E-state index is -3.54. The Hall–Kier alpha value is -2.65. The molecule has 0 radical (unpaired) electrons. The van der Waals surface area contributed by atoms with E-state index < -0.39 is 9.84 Å². The van der Waals surface area contributed by atoms with Crippen molar-refractivity contribution >= 4 is 33.2 Å². The number of carbonyl (C=O) groups is 1. The first-order chi connectivity index (χ1) is 14.7. The zero-order valence-electron chi connectivity index (χ0n) is 18.0. The van der Waals surface area contributed by atoms with Crippen molar-refractivity contribution in [3.8, 4) is 0 Å². The number of aryl methyl sites for hydroxylation is 3. The van der Waals surface area contributed by atoms with Gasteiger partial charge in [-0.05, 0) is 63.1 Å². The summed E-state index contributed by atoms with van der Waals surface area (Å²) in [5.74, 6) is 0.107. The number of amides is 1. The number of sulfone groups is 1. The Kier molecular flexibility index (Phi) is 7.17. The van der Waals surface area contributed by atoms with Gasteiger partial charge in [-0.2, -0.15) is 0 Å². The molecule has 164 valence electrons. The Morgan fingerprint density at radius 2 is 1.74 bits per heavy atom. The molecule has 1 N–H and O–H groups in total. The molecule has 1 aromatic heterocycles. The van der Waals surface area contributed by atoms with E-state index in [1.165, 1.54) is 11.8 Å². The Bertz CT molecular complexity index is 1190. The van der Waals surface area contributed by atoms with Gasteiger partial charge in [-0.25, -0.2) is 8.42 Å². The summed E-state index contributed by atoms with van der Waals surface area (Å²) in [6.07, 6.45) is 0. The lowest BCUT2D eigenvalue weighted by Crippen LogP contribution is -2.15. The van der Waals surface area contributed by atoms with Crippen LogP contribution in [-0.4, -0.2) is 34.8 Å². The third kappa shape index (κ3) is 5.74. The number of nitrogens with one attached hydrogen (secondary N) is 1. The van der Waals surface area contributed by atoms with Crippen LogP contribution in [0.2, 0.25) is 0 Å². The van der Waals surface area contributed by atoms with Crippen LogP contribution in [0.15, 0.2) is 52.5 Å². The number of hydrogen-bond acceptors (Lipinski definition) is 6. The lowest BCUT2D eigenvalue weighted by Gasteiger charge is -2.09. The number of thioether (sulfide) groups is 1. The molecule has 0 spiro atoms. The van der Waals surface area contributed by atoms with Crippen LogP contribution in [0.4, 0.5) is 5.69 Å². The average Bonchev–Trinajstić information content (AvgIpc) is 3.10. The predicted molar refractivity (Wildman–Crippen MR) is 123 cm³/mol. The topological polar surface area (TPSA) is 93.9 Å². The molecule has 3 rings (SSSR count). The third-order valence-electron chi connectivity index (χ3n) is 4.93. The van der Waals surface area contributed by atoms with Crippen molar-refractivity contribution in [3.05, 3.63) is 65.0 Å². The fourth-order valence-corrected chi connectivity index (χ4v) is 5.09. The SMILES string of the molecule is CCn1c(CS(=O)(=O)c2ccc(C)cc2)nnc1SCC(=O)Nc1ccc(C)c(C)c1. The van der Waals surface area contributed by atoms with E-state index in [9.17, 15) is 13.2 Å². The van der Waals surface area contributed by atoms with Crippen LogP contribution in [-0.2, 0) is 26.9 Å². The van der Waals surface area contributed by atoms with Crippen LogP contribution in [0.3, 0.4) is 0 Å². The summed E-state index contributed by atoms with van der Waals surface area (Å²) in [6.45, 7) is 8.32. The molecule has 1 heterocycles. The summed E-state index contributed by atoms with van der Waals surface area (Å²) in [7, 11) is -3.54. The van der Waals surface area contributed by atoms with Gasteiger partial charge in [0, 0.05) is 12.2 Å². The average molecular weight is 459 g/mol. The summed E-state index contributed by atoms with van der Waals surface area (Å²) in [5.41, 5.74) is 4.01. The first-order valence-electron chi connectivity index (χ1n) is 9.91. The summed E-state index contributed by atoms with van der Waals surface area (Å²) in [4.78, 5) is 12.6. The van der Waals surface area contributed by atoms with Crippen LogP contribution in [0, 0.1) is 20.8 Å². The number of aromatic nitrogens is 3.